The molecule has 0 aliphatic carbocycles. The molecule has 0 saturated heterocycles. The predicted molar refractivity (Wildman–Crippen MR) is 75.2 cm³/mol. The van der Waals surface area contributed by atoms with Crippen LogP contribution in [0.2, 0.25) is 5.02 Å². The van der Waals surface area contributed by atoms with Crippen LogP contribution in [-0.4, -0.2) is 11.5 Å². The maximum absolute atomic E-state index is 6.19. The van der Waals surface area contributed by atoms with Crippen molar-refractivity contribution in [1.82, 2.24) is 4.98 Å². The third-order valence-electron chi connectivity index (χ3n) is 2.27. The Kier molecular flexibility index (Phi) is 4.45. The Balaban J connectivity index is 2.28. The zero-order valence-electron chi connectivity index (χ0n) is 9.44. The first-order valence-corrected chi connectivity index (χ1v) is 7.35. The average molecular weight is 285 g/mol. The molecule has 0 amide bonds. The van der Waals surface area contributed by atoms with Gasteiger partial charge in [0.15, 0.2) is 4.34 Å². The maximum Gasteiger partial charge on any atom is 0.154 e. The lowest BCUT2D eigenvalue weighted by Crippen LogP contribution is -2.04. The Labute approximate surface area is 114 Å². The highest BCUT2D eigenvalue weighted by Crippen LogP contribution is 2.35. The molecule has 2 nitrogen and oxygen atoms in total. The average Bonchev–Trinajstić information content (AvgIpc) is 2.69. The van der Waals surface area contributed by atoms with Crippen molar-refractivity contribution in [2.24, 2.45) is 5.73 Å². The molecule has 0 aliphatic heterocycles. The molecule has 0 bridgehead atoms. The smallest absolute Gasteiger partial charge is 0.154 e. The molecule has 2 N–H and O–H groups in total. The van der Waals surface area contributed by atoms with Gasteiger partial charge in [-0.05, 0) is 37.6 Å². The van der Waals surface area contributed by atoms with Crippen LogP contribution in [0.3, 0.4) is 0 Å². The van der Waals surface area contributed by atoms with Crippen LogP contribution in [0.15, 0.2) is 32.8 Å². The lowest BCUT2D eigenvalue weighted by atomic mass is 10.1. The number of thiazole rings is 1. The van der Waals surface area contributed by atoms with Crippen molar-refractivity contribution in [1.29, 1.82) is 0 Å². The van der Waals surface area contributed by atoms with Crippen LogP contribution in [0.25, 0.3) is 0 Å². The summed E-state index contributed by atoms with van der Waals surface area (Å²) in [6.45, 7) is 2.60. The molecule has 17 heavy (non-hydrogen) atoms. The van der Waals surface area contributed by atoms with Gasteiger partial charge in [0.25, 0.3) is 0 Å². The van der Waals surface area contributed by atoms with E-state index in [4.69, 9.17) is 17.3 Å². The monoisotopic (exact) mass is 284 g/mol. The molecule has 0 atom stereocenters. The van der Waals surface area contributed by atoms with E-state index >= 15 is 0 Å². The number of hydrogen-bond donors (Lipinski definition) is 1. The van der Waals surface area contributed by atoms with E-state index in [9.17, 15) is 0 Å². The van der Waals surface area contributed by atoms with E-state index < -0.39 is 0 Å². The Morgan fingerprint density at radius 1 is 1.47 bits per heavy atom. The fourth-order valence-corrected chi connectivity index (χ4v) is 3.81. The molecule has 1 aromatic heterocycles. The minimum atomic E-state index is 0.605. The van der Waals surface area contributed by atoms with E-state index in [-0.39, 0.29) is 0 Å². The van der Waals surface area contributed by atoms with Crippen LogP contribution in [0, 0.1) is 6.92 Å². The van der Waals surface area contributed by atoms with Gasteiger partial charge in [-0.1, -0.05) is 29.4 Å². The van der Waals surface area contributed by atoms with Gasteiger partial charge >= 0.3 is 0 Å². The van der Waals surface area contributed by atoms with Crippen molar-refractivity contribution in [3.8, 4) is 0 Å². The Hall–Kier alpha value is -0.550. The number of nitrogens with zero attached hydrogens (tertiary/aromatic N) is 1. The number of nitrogens with two attached hydrogens (primary N) is 1. The molecule has 90 valence electrons. The van der Waals surface area contributed by atoms with Gasteiger partial charge in [0.2, 0.25) is 0 Å². The summed E-state index contributed by atoms with van der Waals surface area (Å²) in [7, 11) is 0. The summed E-state index contributed by atoms with van der Waals surface area (Å²) in [6.07, 6.45) is 0.798. The normalized spacial score (nSPS) is 10.8. The third-order valence-corrected chi connectivity index (χ3v) is 4.78. The van der Waals surface area contributed by atoms with Gasteiger partial charge in [-0.2, -0.15) is 0 Å². The fourth-order valence-electron chi connectivity index (χ4n) is 1.49. The van der Waals surface area contributed by atoms with E-state index in [0.717, 1.165) is 31.9 Å². The number of rotatable bonds is 4. The minimum absolute atomic E-state index is 0.605. The second kappa shape index (κ2) is 5.87. The van der Waals surface area contributed by atoms with Crippen molar-refractivity contribution < 1.29 is 0 Å². The first-order valence-electron chi connectivity index (χ1n) is 5.28. The van der Waals surface area contributed by atoms with Gasteiger partial charge < -0.3 is 5.73 Å². The van der Waals surface area contributed by atoms with Crippen LogP contribution in [0.5, 0.6) is 0 Å². The Bertz CT molecular complexity index is 511. The molecule has 0 unspecified atom stereocenters. The fraction of sp³-hybridized carbons (Fsp3) is 0.250. The number of aromatic nitrogens is 1. The van der Waals surface area contributed by atoms with Crippen LogP contribution in [0.4, 0.5) is 0 Å². The van der Waals surface area contributed by atoms with E-state index in [2.05, 4.69) is 16.4 Å². The van der Waals surface area contributed by atoms with Gasteiger partial charge in [0.1, 0.15) is 0 Å². The second-order valence-corrected chi connectivity index (χ2v) is 6.17. The summed E-state index contributed by atoms with van der Waals surface area (Å²) in [5.74, 6) is 0. The first-order chi connectivity index (χ1) is 8.20. The predicted octanol–water partition coefficient (Wildman–Crippen LogP) is 3.76. The molecule has 5 heteroatoms. The molecule has 2 aromatic rings. The van der Waals surface area contributed by atoms with Crippen molar-refractivity contribution in [2.75, 3.05) is 6.54 Å². The molecule has 0 radical (unpaired) electrons. The number of benzene rings is 1. The lowest BCUT2D eigenvalue weighted by Gasteiger charge is -2.08. The van der Waals surface area contributed by atoms with Crippen molar-refractivity contribution in [2.45, 2.75) is 22.6 Å². The lowest BCUT2D eigenvalue weighted by molar-refractivity contribution is 0.944. The topological polar surface area (TPSA) is 38.9 Å². The zero-order valence-corrected chi connectivity index (χ0v) is 11.8. The highest BCUT2D eigenvalue weighted by atomic mass is 35.5. The molecule has 0 spiro atoms. The van der Waals surface area contributed by atoms with Crippen LogP contribution in [0.1, 0.15) is 11.3 Å². The standard InChI is InChI=1S/C12H13ClN2S2/c1-8-7-16-12(15-8)17-11-4-2-3-10(13)9(11)5-6-14/h2-4,7H,5-6,14H2,1H3. The number of hydrogen-bond acceptors (Lipinski definition) is 4. The van der Waals surface area contributed by atoms with Crippen LogP contribution < -0.4 is 5.73 Å². The molecule has 2 rings (SSSR count). The number of halogens is 1. The maximum atomic E-state index is 6.19. The third kappa shape index (κ3) is 3.22. The molecular weight excluding hydrogens is 272 g/mol. The summed E-state index contributed by atoms with van der Waals surface area (Å²) in [4.78, 5) is 5.59. The van der Waals surface area contributed by atoms with Crippen molar-refractivity contribution >= 4 is 34.7 Å². The number of aryl methyl sites for hydroxylation is 1. The van der Waals surface area contributed by atoms with E-state index in [0.29, 0.717) is 6.54 Å². The largest absolute Gasteiger partial charge is 0.330 e. The Morgan fingerprint density at radius 3 is 2.94 bits per heavy atom. The zero-order chi connectivity index (χ0) is 12.3. The summed E-state index contributed by atoms with van der Waals surface area (Å²) in [5, 5.41) is 2.84. The summed E-state index contributed by atoms with van der Waals surface area (Å²) >= 11 is 9.50. The van der Waals surface area contributed by atoms with Crippen molar-refractivity contribution in [3.05, 3.63) is 39.9 Å². The van der Waals surface area contributed by atoms with Gasteiger partial charge in [0, 0.05) is 21.0 Å². The van der Waals surface area contributed by atoms with Crippen LogP contribution >= 0.6 is 34.7 Å². The van der Waals surface area contributed by atoms with Gasteiger partial charge in [-0.15, -0.1) is 11.3 Å². The SMILES string of the molecule is Cc1csc(Sc2cccc(Cl)c2CCN)n1. The molecule has 0 aliphatic rings. The first kappa shape index (κ1) is 12.9. The highest BCUT2D eigenvalue weighted by Gasteiger charge is 2.09. The van der Waals surface area contributed by atoms with Gasteiger partial charge in [-0.25, -0.2) is 4.98 Å². The second-order valence-electron chi connectivity index (χ2n) is 3.61. The van der Waals surface area contributed by atoms with Crippen molar-refractivity contribution in [3.63, 3.8) is 0 Å². The summed E-state index contributed by atoms with van der Waals surface area (Å²) in [6, 6.07) is 5.94. The molecule has 1 aromatic carbocycles. The van der Waals surface area contributed by atoms with Gasteiger partial charge in [-0.3, -0.25) is 0 Å². The summed E-state index contributed by atoms with van der Waals surface area (Å²) < 4.78 is 1.04. The van der Waals surface area contributed by atoms with E-state index in [1.807, 2.05) is 19.1 Å². The quantitative estimate of drug-likeness (QED) is 0.929. The van der Waals surface area contributed by atoms with Gasteiger partial charge in [0.05, 0.1) is 0 Å². The minimum Gasteiger partial charge on any atom is -0.330 e. The Morgan fingerprint density at radius 2 is 2.29 bits per heavy atom. The van der Waals surface area contributed by atoms with E-state index in [1.165, 1.54) is 0 Å². The molecular formula is C12H13ClN2S2. The molecule has 1 heterocycles. The molecule has 0 fully saturated rings. The summed E-state index contributed by atoms with van der Waals surface area (Å²) in [5.41, 5.74) is 7.79. The van der Waals surface area contributed by atoms with Crippen LogP contribution in [-0.2, 0) is 6.42 Å². The molecule has 0 saturated carbocycles. The van der Waals surface area contributed by atoms with E-state index in [1.54, 1.807) is 23.1 Å². The highest BCUT2D eigenvalue weighted by molar-refractivity contribution is 8.01.